The molecule has 0 heterocycles. The Balaban J connectivity index is 3.78. The van der Waals surface area contributed by atoms with Crippen LogP contribution in [-0.4, -0.2) is 19.4 Å². The van der Waals surface area contributed by atoms with E-state index in [9.17, 15) is 22.6 Å². The third kappa shape index (κ3) is 8.08. The molecule has 0 aliphatic carbocycles. The van der Waals surface area contributed by atoms with E-state index in [1.54, 1.807) is 0 Å². The lowest BCUT2D eigenvalue weighted by Gasteiger charge is -2.21. The topological polar surface area (TPSA) is 58.6 Å². The van der Waals surface area contributed by atoms with Gasteiger partial charge in [0.2, 0.25) is 0 Å². The molecule has 82 valence electrons. The van der Waals surface area contributed by atoms with Crippen LogP contribution in [0.15, 0.2) is 0 Å². The van der Waals surface area contributed by atoms with E-state index in [4.69, 9.17) is 0 Å². The Morgan fingerprint density at radius 2 is 2.00 bits per heavy atom. The average Bonchev–Trinajstić information content (AvgIpc) is 1.98. The molecule has 1 unspecified atom stereocenters. The number of alkyl halides is 3. The normalized spacial score (nSPS) is 15.9. The van der Waals surface area contributed by atoms with Crippen molar-refractivity contribution in [2.24, 2.45) is 0 Å². The van der Waals surface area contributed by atoms with Crippen molar-refractivity contribution in [3.05, 3.63) is 0 Å². The molecule has 0 bridgehead atoms. The van der Waals surface area contributed by atoms with Crippen LogP contribution in [0.4, 0.5) is 13.2 Å². The zero-order valence-electron chi connectivity index (χ0n) is 6.91. The molecule has 14 heavy (non-hydrogen) atoms. The second-order valence-corrected chi connectivity index (χ2v) is 3.53. The van der Waals surface area contributed by atoms with Crippen LogP contribution in [0.3, 0.4) is 0 Å². The van der Waals surface area contributed by atoms with Gasteiger partial charge in [0.1, 0.15) is 6.61 Å². The number of terminal acetylenes is 1. The van der Waals surface area contributed by atoms with E-state index in [2.05, 4.69) is 15.5 Å². The SMILES string of the molecule is C#CCOP(=O)([O-])OCCC(F)(F)F. The maximum atomic E-state index is 11.5. The average molecular weight is 231 g/mol. The fourth-order valence-electron chi connectivity index (χ4n) is 0.427. The lowest BCUT2D eigenvalue weighted by Crippen LogP contribution is -2.14. The Morgan fingerprint density at radius 1 is 1.43 bits per heavy atom. The molecule has 1 atom stereocenters. The van der Waals surface area contributed by atoms with Crippen molar-refractivity contribution in [1.29, 1.82) is 0 Å². The Kier molecular flexibility index (Phi) is 5.16. The summed E-state index contributed by atoms with van der Waals surface area (Å²) < 4.78 is 53.0. The molecule has 4 nitrogen and oxygen atoms in total. The summed E-state index contributed by atoms with van der Waals surface area (Å²) >= 11 is 0. The molecule has 0 rings (SSSR count). The van der Waals surface area contributed by atoms with Gasteiger partial charge in [-0.2, -0.15) is 13.2 Å². The maximum absolute atomic E-state index is 11.5. The summed E-state index contributed by atoms with van der Waals surface area (Å²) in [7, 11) is -4.69. The van der Waals surface area contributed by atoms with Crippen LogP contribution >= 0.6 is 7.82 Å². The van der Waals surface area contributed by atoms with Crippen LogP contribution in [0.25, 0.3) is 0 Å². The summed E-state index contributed by atoms with van der Waals surface area (Å²) in [4.78, 5) is 10.6. The molecule has 0 N–H and O–H groups in total. The molecule has 0 aromatic rings. The minimum atomic E-state index is -4.69. The van der Waals surface area contributed by atoms with Crippen molar-refractivity contribution in [3.63, 3.8) is 0 Å². The van der Waals surface area contributed by atoms with Crippen molar-refractivity contribution >= 4 is 7.82 Å². The number of hydrogen-bond donors (Lipinski definition) is 0. The van der Waals surface area contributed by atoms with Crippen LogP contribution in [0.5, 0.6) is 0 Å². The van der Waals surface area contributed by atoms with Gasteiger partial charge in [0.05, 0.1) is 13.0 Å². The number of hydrogen-bond acceptors (Lipinski definition) is 4. The van der Waals surface area contributed by atoms with Crippen molar-refractivity contribution in [1.82, 2.24) is 0 Å². The summed E-state index contributed by atoms with van der Waals surface area (Å²) in [6.07, 6.45) is -1.17. The fraction of sp³-hybridized carbons (Fsp3) is 0.667. The highest BCUT2D eigenvalue weighted by molar-refractivity contribution is 7.45. The third-order valence-electron chi connectivity index (χ3n) is 0.941. The smallest absolute Gasteiger partial charge is 0.391 e. The number of halogens is 3. The van der Waals surface area contributed by atoms with E-state index in [1.165, 1.54) is 0 Å². The molecular weight excluding hydrogens is 224 g/mol. The van der Waals surface area contributed by atoms with E-state index < -0.39 is 33.6 Å². The van der Waals surface area contributed by atoms with Gasteiger partial charge < -0.3 is 13.9 Å². The zero-order valence-corrected chi connectivity index (χ0v) is 7.81. The van der Waals surface area contributed by atoms with Gasteiger partial charge in [-0.25, -0.2) is 0 Å². The first kappa shape index (κ1) is 13.5. The Labute approximate surface area is 78.6 Å². The van der Waals surface area contributed by atoms with Gasteiger partial charge in [0.25, 0.3) is 7.82 Å². The van der Waals surface area contributed by atoms with Gasteiger partial charge in [0.15, 0.2) is 0 Å². The van der Waals surface area contributed by atoms with E-state index in [0.29, 0.717) is 0 Å². The third-order valence-corrected chi connectivity index (χ3v) is 1.89. The molecule has 0 amide bonds. The predicted molar refractivity (Wildman–Crippen MR) is 39.0 cm³/mol. The lowest BCUT2D eigenvalue weighted by molar-refractivity contribution is -0.226. The van der Waals surface area contributed by atoms with Crippen LogP contribution < -0.4 is 4.89 Å². The summed E-state index contributed by atoms with van der Waals surface area (Å²) in [6, 6.07) is 0. The number of phosphoric acid groups is 1. The van der Waals surface area contributed by atoms with E-state index in [-0.39, 0.29) is 0 Å². The highest BCUT2D eigenvalue weighted by Gasteiger charge is 2.27. The summed E-state index contributed by atoms with van der Waals surface area (Å²) in [5.41, 5.74) is 0. The van der Waals surface area contributed by atoms with Crippen LogP contribution in [0, 0.1) is 12.3 Å². The van der Waals surface area contributed by atoms with Crippen molar-refractivity contribution in [3.8, 4) is 12.3 Å². The first-order valence-electron chi connectivity index (χ1n) is 3.37. The molecule has 0 aliphatic rings. The monoisotopic (exact) mass is 231 g/mol. The van der Waals surface area contributed by atoms with Gasteiger partial charge in [-0.15, -0.1) is 6.42 Å². The molecule has 0 aromatic carbocycles. The molecule has 0 radical (unpaired) electrons. The molecular formula is C6H7F3O4P-. The first-order chi connectivity index (χ1) is 6.27. The lowest BCUT2D eigenvalue weighted by atomic mass is 10.5. The molecule has 0 spiro atoms. The summed E-state index contributed by atoms with van der Waals surface area (Å²) in [6.45, 7) is -1.57. The molecule has 0 saturated heterocycles. The van der Waals surface area contributed by atoms with Crippen LogP contribution in [-0.2, 0) is 13.6 Å². The quantitative estimate of drug-likeness (QED) is 0.524. The van der Waals surface area contributed by atoms with E-state index in [0.717, 1.165) is 0 Å². The number of rotatable bonds is 5. The highest BCUT2D eigenvalue weighted by atomic mass is 31.2. The second kappa shape index (κ2) is 5.37. The van der Waals surface area contributed by atoms with Crippen molar-refractivity contribution in [2.45, 2.75) is 12.6 Å². The van der Waals surface area contributed by atoms with Crippen LogP contribution in [0.2, 0.25) is 0 Å². The molecule has 0 saturated carbocycles. The maximum Gasteiger partial charge on any atom is 0.391 e. The van der Waals surface area contributed by atoms with Crippen LogP contribution in [0.1, 0.15) is 6.42 Å². The highest BCUT2D eigenvalue weighted by Crippen LogP contribution is 2.38. The molecule has 0 fully saturated rings. The minimum Gasteiger partial charge on any atom is -0.756 e. The largest absolute Gasteiger partial charge is 0.756 e. The Bertz CT molecular complexity index is 257. The van der Waals surface area contributed by atoms with E-state index in [1.807, 2.05) is 5.92 Å². The first-order valence-corrected chi connectivity index (χ1v) is 4.83. The van der Waals surface area contributed by atoms with Gasteiger partial charge in [-0.3, -0.25) is 4.57 Å². The Morgan fingerprint density at radius 3 is 2.43 bits per heavy atom. The molecule has 8 heteroatoms. The summed E-state index contributed by atoms with van der Waals surface area (Å²) in [5.74, 6) is 1.83. The molecule has 0 aromatic heterocycles. The van der Waals surface area contributed by atoms with E-state index >= 15 is 0 Å². The standard InChI is InChI=1S/C6H8F3O4P/c1-2-4-12-14(10,11)13-5-3-6(7,8)9/h1H,3-5H2,(H,10,11)/p-1. The van der Waals surface area contributed by atoms with Gasteiger partial charge >= 0.3 is 6.18 Å². The van der Waals surface area contributed by atoms with Crippen molar-refractivity contribution in [2.75, 3.05) is 13.2 Å². The number of phosphoric ester groups is 1. The zero-order chi connectivity index (χ0) is 11.2. The predicted octanol–water partition coefficient (Wildman–Crippen LogP) is 1.07. The molecule has 0 aliphatic heterocycles. The van der Waals surface area contributed by atoms with Gasteiger partial charge in [-0.1, -0.05) is 5.92 Å². The van der Waals surface area contributed by atoms with Gasteiger partial charge in [-0.05, 0) is 0 Å². The van der Waals surface area contributed by atoms with Gasteiger partial charge in [0, 0.05) is 0 Å². The second-order valence-electron chi connectivity index (χ2n) is 2.12. The summed E-state index contributed by atoms with van der Waals surface area (Å²) in [5, 5.41) is 0. The minimum absolute atomic E-state index is 0.563. The fourth-order valence-corrected chi connectivity index (χ4v) is 1.05. The Hall–Kier alpha value is -0.540. The van der Waals surface area contributed by atoms with Crippen molar-refractivity contribution < 1.29 is 31.7 Å².